The molecule has 0 saturated carbocycles. The summed E-state index contributed by atoms with van der Waals surface area (Å²) in [5.74, 6) is -0.325. The summed E-state index contributed by atoms with van der Waals surface area (Å²) in [7, 11) is 3.01. The van der Waals surface area contributed by atoms with Crippen LogP contribution in [0.2, 0.25) is 5.02 Å². The summed E-state index contributed by atoms with van der Waals surface area (Å²) in [5, 5.41) is 13.2. The van der Waals surface area contributed by atoms with Gasteiger partial charge < -0.3 is 19.5 Å². The van der Waals surface area contributed by atoms with Crippen LogP contribution in [0.15, 0.2) is 42.5 Å². The summed E-state index contributed by atoms with van der Waals surface area (Å²) in [4.78, 5) is 34.3. The molecule has 0 radical (unpaired) electrons. The number of hydrogen-bond acceptors (Lipinski definition) is 7. The van der Waals surface area contributed by atoms with Crippen molar-refractivity contribution in [2.24, 2.45) is 0 Å². The second kappa shape index (κ2) is 10.3. The van der Waals surface area contributed by atoms with Gasteiger partial charge in [0.25, 0.3) is 11.6 Å². The monoisotopic (exact) mass is 434 g/mol. The molecule has 30 heavy (non-hydrogen) atoms. The lowest BCUT2D eigenvalue weighted by atomic mass is 10.2. The maximum absolute atomic E-state index is 12.2. The number of nitrogens with one attached hydrogen (secondary N) is 1. The van der Waals surface area contributed by atoms with Crippen LogP contribution in [0.1, 0.15) is 12.5 Å². The average molecular weight is 435 g/mol. The van der Waals surface area contributed by atoms with Crippen LogP contribution in [0.25, 0.3) is 6.08 Å². The van der Waals surface area contributed by atoms with Gasteiger partial charge in [-0.15, -0.1) is 0 Å². The van der Waals surface area contributed by atoms with E-state index in [9.17, 15) is 19.7 Å². The van der Waals surface area contributed by atoms with Crippen molar-refractivity contribution in [1.29, 1.82) is 0 Å². The molecule has 0 bridgehead atoms. The minimum Gasteiger partial charge on any atom is -0.493 e. The van der Waals surface area contributed by atoms with Crippen molar-refractivity contribution in [3.05, 3.63) is 63.2 Å². The number of carbonyl (C=O) groups excluding carboxylic acids is 2. The minimum atomic E-state index is -1.13. The second-order valence-electron chi connectivity index (χ2n) is 5.94. The number of methoxy groups -OCH3 is 2. The molecule has 0 aliphatic heterocycles. The third-order valence-electron chi connectivity index (χ3n) is 3.90. The van der Waals surface area contributed by atoms with Crippen LogP contribution in [0.4, 0.5) is 11.4 Å². The van der Waals surface area contributed by atoms with Crippen molar-refractivity contribution in [2.75, 3.05) is 19.5 Å². The third kappa shape index (κ3) is 5.95. The van der Waals surface area contributed by atoms with Gasteiger partial charge in [-0.25, -0.2) is 4.79 Å². The number of nitrogens with zero attached hydrogens (tertiary/aromatic N) is 1. The van der Waals surface area contributed by atoms with E-state index in [1.54, 1.807) is 18.2 Å². The Balaban J connectivity index is 1.97. The topological polar surface area (TPSA) is 117 Å². The van der Waals surface area contributed by atoms with E-state index in [0.29, 0.717) is 17.1 Å². The van der Waals surface area contributed by atoms with E-state index in [0.717, 1.165) is 6.07 Å². The quantitative estimate of drug-likeness (QED) is 0.290. The third-order valence-corrected chi connectivity index (χ3v) is 4.22. The Hall–Kier alpha value is -3.59. The van der Waals surface area contributed by atoms with Crippen molar-refractivity contribution in [3.63, 3.8) is 0 Å². The molecular formula is C20H19ClN2O7. The highest BCUT2D eigenvalue weighted by molar-refractivity contribution is 6.34. The van der Waals surface area contributed by atoms with Gasteiger partial charge in [-0.2, -0.15) is 0 Å². The highest BCUT2D eigenvalue weighted by Gasteiger charge is 2.19. The zero-order valence-electron chi connectivity index (χ0n) is 16.4. The Bertz CT molecular complexity index is 991. The molecule has 2 aromatic carbocycles. The Kier molecular flexibility index (Phi) is 7.76. The Morgan fingerprint density at radius 3 is 2.43 bits per heavy atom. The molecule has 0 spiro atoms. The number of amides is 1. The molecule has 1 N–H and O–H groups in total. The Morgan fingerprint density at radius 2 is 1.83 bits per heavy atom. The van der Waals surface area contributed by atoms with Crippen molar-refractivity contribution in [2.45, 2.75) is 13.0 Å². The molecule has 0 saturated heterocycles. The maximum atomic E-state index is 12.2. The first-order valence-electron chi connectivity index (χ1n) is 8.60. The normalized spacial score (nSPS) is 11.6. The van der Waals surface area contributed by atoms with Gasteiger partial charge in [-0.3, -0.25) is 14.9 Å². The van der Waals surface area contributed by atoms with E-state index < -0.39 is 22.9 Å². The molecule has 10 heteroatoms. The highest BCUT2D eigenvalue weighted by Crippen LogP contribution is 2.28. The number of halogens is 1. The molecule has 1 atom stereocenters. The van der Waals surface area contributed by atoms with E-state index in [-0.39, 0.29) is 16.4 Å². The fourth-order valence-corrected chi connectivity index (χ4v) is 2.56. The number of esters is 1. The van der Waals surface area contributed by atoms with E-state index in [4.69, 9.17) is 25.8 Å². The first kappa shape index (κ1) is 22.7. The summed E-state index contributed by atoms with van der Waals surface area (Å²) in [6.07, 6.45) is 1.55. The van der Waals surface area contributed by atoms with Crippen molar-refractivity contribution >= 4 is 40.9 Å². The van der Waals surface area contributed by atoms with Gasteiger partial charge in [0.15, 0.2) is 17.6 Å². The minimum absolute atomic E-state index is 0.00979. The van der Waals surface area contributed by atoms with Crippen LogP contribution in [-0.4, -0.2) is 37.1 Å². The largest absolute Gasteiger partial charge is 0.493 e. The van der Waals surface area contributed by atoms with Gasteiger partial charge in [0.05, 0.1) is 29.9 Å². The van der Waals surface area contributed by atoms with Crippen LogP contribution in [-0.2, 0) is 14.3 Å². The van der Waals surface area contributed by atoms with E-state index >= 15 is 0 Å². The zero-order valence-corrected chi connectivity index (χ0v) is 17.1. The van der Waals surface area contributed by atoms with Gasteiger partial charge >= 0.3 is 5.97 Å². The highest BCUT2D eigenvalue weighted by atomic mass is 35.5. The summed E-state index contributed by atoms with van der Waals surface area (Å²) < 4.78 is 15.4. The van der Waals surface area contributed by atoms with E-state index in [1.165, 1.54) is 45.4 Å². The molecule has 2 rings (SSSR count). The molecule has 0 unspecified atom stereocenters. The van der Waals surface area contributed by atoms with Crippen LogP contribution in [0, 0.1) is 10.1 Å². The fraction of sp³-hybridized carbons (Fsp3) is 0.200. The predicted octanol–water partition coefficient (Wildman–Crippen LogP) is 3.85. The fourth-order valence-electron chi connectivity index (χ4n) is 2.34. The standard InChI is InChI=1S/C20H19ClN2O7/c1-12(20(25)22-16-7-6-14(23(26)27)11-15(16)21)30-19(24)9-5-13-4-8-17(28-2)18(10-13)29-3/h4-12H,1-3H3,(H,22,25)/b9-5+/t12-/m1/s1. The van der Waals surface area contributed by atoms with Crippen LogP contribution in [0.3, 0.4) is 0 Å². The maximum Gasteiger partial charge on any atom is 0.331 e. The van der Waals surface area contributed by atoms with Crippen molar-refractivity contribution in [1.82, 2.24) is 0 Å². The number of anilines is 1. The van der Waals surface area contributed by atoms with Gasteiger partial charge in [0.1, 0.15) is 0 Å². The number of hydrogen-bond donors (Lipinski definition) is 1. The molecule has 0 aromatic heterocycles. The van der Waals surface area contributed by atoms with Crippen molar-refractivity contribution in [3.8, 4) is 11.5 Å². The number of rotatable bonds is 8. The smallest absolute Gasteiger partial charge is 0.331 e. The number of ether oxygens (including phenoxy) is 3. The number of nitro benzene ring substituents is 1. The zero-order chi connectivity index (χ0) is 22.3. The Labute approximate surface area is 177 Å². The van der Waals surface area contributed by atoms with Crippen LogP contribution < -0.4 is 14.8 Å². The second-order valence-corrected chi connectivity index (χ2v) is 6.34. The number of non-ortho nitro benzene ring substituents is 1. The molecule has 0 aliphatic carbocycles. The lowest BCUT2D eigenvalue weighted by Gasteiger charge is -2.13. The van der Waals surface area contributed by atoms with E-state index in [2.05, 4.69) is 5.32 Å². The summed E-state index contributed by atoms with van der Waals surface area (Å²) in [6, 6.07) is 8.69. The first-order chi connectivity index (χ1) is 14.2. The summed E-state index contributed by atoms with van der Waals surface area (Å²) >= 11 is 5.93. The Morgan fingerprint density at radius 1 is 1.13 bits per heavy atom. The summed E-state index contributed by atoms with van der Waals surface area (Å²) in [5.41, 5.74) is 0.619. The molecule has 2 aromatic rings. The van der Waals surface area contributed by atoms with Crippen LogP contribution in [0.5, 0.6) is 11.5 Å². The number of nitro groups is 1. The van der Waals surface area contributed by atoms with Gasteiger partial charge in [0, 0.05) is 18.2 Å². The van der Waals surface area contributed by atoms with Gasteiger partial charge in [-0.05, 0) is 36.8 Å². The van der Waals surface area contributed by atoms with E-state index in [1.807, 2.05) is 0 Å². The molecule has 158 valence electrons. The molecule has 0 heterocycles. The van der Waals surface area contributed by atoms with Gasteiger partial charge in [0.2, 0.25) is 0 Å². The van der Waals surface area contributed by atoms with Crippen molar-refractivity contribution < 1.29 is 28.7 Å². The predicted molar refractivity (Wildman–Crippen MR) is 111 cm³/mol. The lowest BCUT2D eigenvalue weighted by molar-refractivity contribution is -0.384. The SMILES string of the molecule is COc1ccc(/C=C/C(=O)O[C@H](C)C(=O)Nc2ccc([N+](=O)[O-])cc2Cl)cc1OC. The van der Waals surface area contributed by atoms with Crippen LogP contribution >= 0.6 is 11.6 Å². The number of benzene rings is 2. The number of carbonyl (C=O) groups is 2. The van der Waals surface area contributed by atoms with Gasteiger partial charge in [-0.1, -0.05) is 17.7 Å². The molecular weight excluding hydrogens is 416 g/mol. The first-order valence-corrected chi connectivity index (χ1v) is 8.98. The summed E-state index contributed by atoms with van der Waals surface area (Å²) in [6.45, 7) is 1.39. The lowest BCUT2D eigenvalue weighted by Crippen LogP contribution is -2.29. The molecule has 0 fully saturated rings. The molecule has 1 amide bonds. The molecule has 9 nitrogen and oxygen atoms in total. The average Bonchev–Trinajstić information content (AvgIpc) is 2.73. The molecule has 0 aliphatic rings.